The number of amides is 2. The molecule has 0 aliphatic carbocycles. The molecule has 150 valence electrons. The fraction of sp³-hybridized carbons (Fsp3) is 0.500. The molecular weight excluding hydrogens is 354 g/mol. The Kier molecular flexibility index (Phi) is 5.59. The minimum absolute atomic E-state index is 0.0412. The average Bonchev–Trinajstić information content (AvgIpc) is 2.60. The number of piperidine rings is 1. The van der Waals surface area contributed by atoms with Crippen molar-refractivity contribution in [1.82, 2.24) is 15.2 Å². The molecule has 0 spiro atoms. The summed E-state index contributed by atoms with van der Waals surface area (Å²) in [4.78, 5) is 31.4. The molecule has 6 nitrogen and oxygen atoms in total. The summed E-state index contributed by atoms with van der Waals surface area (Å²) in [6, 6.07) is 7.84. The zero-order valence-electron chi connectivity index (χ0n) is 17.3. The second-order valence-corrected chi connectivity index (χ2v) is 8.55. The van der Waals surface area contributed by atoms with Gasteiger partial charge in [-0.1, -0.05) is 11.6 Å². The van der Waals surface area contributed by atoms with Gasteiger partial charge in [-0.05, 0) is 65.7 Å². The van der Waals surface area contributed by atoms with Gasteiger partial charge in [-0.3, -0.25) is 9.78 Å². The second kappa shape index (κ2) is 7.78. The number of aryl methyl sites for hydroxylation is 2. The van der Waals surface area contributed by atoms with Crippen LogP contribution in [0.5, 0.6) is 0 Å². The largest absolute Gasteiger partial charge is 0.444 e. The number of carbonyl (C=O) groups is 2. The number of aromatic nitrogens is 1. The fourth-order valence-electron chi connectivity index (χ4n) is 3.46. The fourth-order valence-corrected chi connectivity index (χ4v) is 3.46. The number of hydrogen-bond acceptors (Lipinski definition) is 4. The van der Waals surface area contributed by atoms with Crippen molar-refractivity contribution in [3.8, 4) is 0 Å². The molecular formula is C22H29N3O3. The molecule has 1 aliphatic rings. The topological polar surface area (TPSA) is 71.5 Å². The molecule has 0 atom stereocenters. The summed E-state index contributed by atoms with van der Waals surface area (Å²) in [7, 11) is 0. The average molecular weight is 383 g/mol. The van der Waals surface area contributed by atoms with Crippen LogP contribution in [0.25, 0.3) is 10.9 Å². The van der Waals surface area contributed by atoms with Gasteiger partial charge in [-0.25, -0.2) is 4.79 Å². The Bertz CT molecular complexity index is 894. The van der Waals surface area contributed by atoms with Crippen LogP contribution >= 0.6 is 0 Å². The van der Waals surface area contributed by atoms with Gasteiger partial charge in [0.25, 0.3) is 5.91 Å². The molecule has 2 amide bonds. The number of rotatable bonds is 2. The van der Waals surface area contributed by atoms with Crippen molar-refractivity contribution in [2.75, 3.05) is 13.1 Å². The summed E-state index contributed by atoms with van der Waals surface area (Å²) in [6.45, 7) is 10.6. The van der Waals surface area contributed by atoms with Crippen LogP contribution in [0.15, 0.2) is 24.3 Å². The van der Waals surface area contributed by atoms with E-state index in [4.69, 9.17) is 4.74 Å². The predicted octanol–water partition coefficient (Wildman–Crippen LogP) is 3.98. The van der Waals surface area contributed by atoms with Gasteiger partial charge < -0.3 is 15.0 Å². The first-order chi connectivity index (χ1) is 13.1. The smallest absolute Gasteiger partial charge is 0.410 e. The van der Waals surface area contributed by atoms with Crippen LogP contribution in [0, 0.1) is 13.8 Å². The highest BCUT2D eigenvalue weighted by Gasteiger charge is 2.28. The summed E-state index contributed by atoms with van der Waals surface area (Å²) in [5, 5.41) is 4.01. The van der Waals surface area contributed by atoms with Gasteiger partial charge in [-0.15, -0.1) is 0 Å². The standard InChI is InChI=1S/C22H29N3O3/c1-14-6-7-19-17(12-14)18(13-15(2)23-19)20(26)24-16-8-10-25(11-9-16)21(27)28-22(3,4)5/h6-7,12-13,16H,8-11H2,1-5H3,(H,24,26). The van der Waals surface area contributed by atoms with Crippen LogP contribution in [-0.2, 0) is 4.74 Å². The van der Waals surface area contributed by atoms with E-state index in [0.29, 0.717) is 31.5 Å². The number of nitrogens with zero attached hydrogens (tertiary/aromatic N) is 2. The number of pyridine rings is 1. The minimum atomic E-state index is -0.499. The number of benzene rings is 1. The molecule has 28 heavy (non-hydrogen) atoms. The van der Waals surface area contributed by atoms with E-state index in [1.54, 1.807) is 4.90 Å². The van der Waals surface area contributed by atoms with Crippen molar-refractivity contribution in [1.29, 1.82) is 0 Å². The van der Waals surface area contributed by atoms with E-state index < -0.39 is 5.60 Å². The van der Waals surface area contributed by atoms with Crippen LogP contribution in [-0.4, -0.2) is 46.6 Å². The van der Waals surface area contributed by atoms with Crippen molar-refractivity contribution in [2.24, 2.45) is 0 Å². The molecule has 1 aliphatic heterocycles. The quantitative estimate of drug-likeness (QED) is 0.851. The Morgan fingerprint density at radius 2 is 1.82 bits per heavy atom. The minimum Gasteiger partial charge on any atom is -0.444 e. The maximum Gasteiger partial charge on any atom is 0.410 e. The van der Waals surface area contributed by atoms with Crippen molar-refractivity contribution in [3.05, 3.63) is 41.1 Å². The monoisotopic (exact) mass is 383 g/mol. The van der Waals surface area contributed by atoms with E-state index in [2.05, 4.69) is 10.3 Å². The number of nitrogens with one attached hydrogen (secondary N) is 1. The van der Waals surface area contributed by atoms with Crippen LogP contribution in [0.1, 0.15) is 55.2 Å². The summed E-state index contributed by atoms with van der Waals surface area (Å²) < 4.78 is 5.43. The zero-order valence-corrected chi connectivity index (χ0v) is 17.3. The van der Waals surface area contributed by atoms with E-state index in [1.165, 1.54) is 0 Å². The van der Waals surface area contributed by atoms with Gasteiger partial charge in [0.05, 0.1) is 11.1 Å². The number of likely N-dealkylation sites (tertiary alicyclic amines) is 1. The van der Waals surface area contributed by atoms with Crippen molar-refractivity contribution in [2.45, 2.75) is 59.1 Å². The van der Waals surface area contributed by atoms with E-state index in [0.717, 1.165) is 22.2 Å². The molecule has 0 unspecified atom stereocenters. The zero-order chi connectivity index (χ0) is 20.5. The Morgan fingerprint density at radius 1 is 1.14 bits per heavy atom. The summed E-state index contributed by atoms with van der Waals surface area (Å²) in [6.07, 6.45) is 1.14. The van der Waals surface area contributed by atoms with E-state index in [1.807, 2.05) is 58.9 Å². The number of fused-ring (bicyclic) bond motifs is 1. The Hall–Kier alpha value is -2.63. The van der Waals surface area contributed by atoms with Gasteiger partial charge in [0, 0.05) is 30.2 Å². The Morgan fingerprint density at radius 3 is 2.46 bits per heavy atom. The van der Waals surface area contributed by atoms with Crippen molar-refractivity contribution >= 4 is 22.9 Å². The predicted molar refractivity (Wildman–Crippen MR) is 110 cm³/mol. The number of carbonyl (C=O) groups excluding carboxylic acids is 2. The molecule has 6 heteroatoms. The summed E-state index contributed by atoms with van der Waals surface area (Å²) >= 11 is 0. The maximum absolute atomic E-state index is 12.9. The van der Waals surface area contributed by atoms with Gasteiger partial charge in [0.15, 0.2) is 0 Å². The number of ether oxygens (including phenoxy) is 1. The first-order valence-corrected chi connectivity index (χ1v) is 9.79. The highest BCUT2D eigenvalue weighted by molar-refractivity contribution is 6.06. The molecule has 2 aromatic rings. The molecule has 0 bridgehead atoms. The first-order valence-electron chi connectivity index (χ1n) is 9.79. The molecule has 1 saturated heterocycles. The van der Waals surface area contributed by atoms with E-state index >= 15 is 0 Å². The lowest BCUT2D eigenvalue weighted by atomic mass is 10.0. The van der Waals surface area contributed by atoms with Crippen molar-refractivity contribution < 1.29 is 14.3 Å². The van der Waals surface area contributed by atoms with Gasteiger partial charge in [-0.2, -0.15) is 0 Å². The van der Waals surface area contributed by atoms with E-state index in [-0.39, 0.29) is 18.0 Å². The highest BCUT2D eigenvalue weighted by atomic mass is 16.6. The van der Waals surface area contributed by atoms with Gasteiger partial charge >= 0.3 is 6.09 Å². The SMILES string of the molecule is Cc1ccc2nc(C)cc(C(=O)NC3CCN(C(=O)OC(C)(C)C)CC3)c2c1. The number of hydrogen-bond donors (Lipinski definition) is 1. The van der Waals surface area contributed by atoms with Crippen LogP contribution in [0.4, 0.5) is 4.79 Å². The van der Waals surface area contributed by atoms with Crippen LogP contribution in [0.3, 0.4) is 0 Å². The molecule has 0 radical (unpaired) electrons. The molecule has 3 rings (SSSR count). The maximum atomic E-state index is 12.9. The molecule has 1 fully saturated rings. The third-order valence-corrected chi connectivity index (χ3v) is 4.82. The third-order valence-electron chi connectivity index (χ3n) is 4.82. The Labute approximate surface area is 166 Å². The molecule has 1 N–H and O–H groups in total. The van der Waals surface area contributed by atoms with Crippen molar-refractivity contribution in [3.63, 3.8) is 0 Å². The summed E-state index contributed by atoms with van der Waals surface area (Å²) in [5.41, 5.74) is 2.90. The molecule has 1 aromatic heterocycles. The summed E-state index contributed by atoms with van der Waals surface area (Å²) in [5.74, 6) is -0.0863. The van der Waals surface area contributed by atoms with Gasteiger partial charge in [0.2, 0.25) is 0 Å². The Balaban J connectivity index is 1.66. The molecule has 1 aromatic carbocycles. The van der Waals surface area contributed by atoms with E-state index in [9.17, 15) is 9.59 Å². The normalized spacial score (nSPS) is 15.5. The lowest BCUT2D eigenvalue weighted by Crippen LogP contribution is -2.47. The lowest BCUT2D eigenvalue weighted by Gasteiger charge is -2.33. The lowest BCUT2D eigenvalue weighted by molar-refractivity contribution is 0.0199. The second-order valence-electron chi connectivity index (χ2n) is 8.55. The molecule has 2 heterocycles. The highest BCUT2D eigenvalue weighted by Crippen LogP contribution is 2.21. The first kappa shape index (κ1) is 20.1. The molecule has 0 saturated carbocycles. The van der Waals surface area contributed by atoms with Crippen LogP contribution < -0.4 is 5.32 Å². The van der Waals surface area contributed by atoms with Crippen LogP contribution in [0.2, 0.25) is 0 Å². The third kappa shape index (κ3) is 4.80. The van der Waals surface area contributed by atoms with Gasteiger partial charge in [0.1, 0.15) is 5.60 Å².